The van der Waals surface area contributed by atoms with Crippen LogP contribution >= 0.6 is 11.6 Å². The molecule has 2 aromatic rings. The predicted molar refractivity (Wildman–Crippen MR) is 81.0 cm³/mol. The molecule has 0 amide bonds. The maximum atomic E-state index is 6.07. The van der Waals surface area contributed by atoms with E-state index in [1.54, 1.807) is 0 Å². The van der Waals surface area contributed by atoms with Crippen molar-refractivity contribution in [2.24, 2.45) is 0 Å². The third kappa shape index (κ3) is 2.53. The monoisotopic (exact) mass is 291 g/mol. The zero-order valence-corrected chi connectivity index (χ0v) is 12.3. The van der Waals surface area contributed by atoms with Crippen LogP contribution in [0.1, 0.15) is 18.2 Å². The van der Waals surface area contributed by atoms with Crippen LogP contribution in [0.25, 0.3) is 5.69 Å². The molecule has 1 N–H and O–H groups in total. The van der Waals surface area contributed by atoms with Crippen LogP contribution in [0.5, 0.6) is 0 Å². The zero-order valence-electron chi connectivity index (χ0n) is 11.5. The van der Waals surface area contributed by atoms with Gasteiger partial charge in [-0.25, -0.2) is 4.68 Å². The third-order valence-corrected chi connectivity index (χ3v) is 3.71. The molecule has 3 rings (SSSR count). The largest absolute Gasteiger partial charge is 0.381 e. The number of anilines is 1. The van der Waals surface area contributed by atoms with Crippen molar-refractivity contribution in [3.05, 3.63) is 40.5 Å². The minimum Gasteiger partial charge on any atom is -0.381 e. The fraction of sp³-hybridized carbons (Fsp3) is 0.400. The van der Waals surface area contributed by atoms with E-state index in [1.165, 1.54) is 5.56 Å². The van der Waals surface area contributed by atoms with E-state index in [0.717, 1.165) is 54.8 Å². The average molecular weight is 292 g/mol. The Kier molecular flexibility index (Phi) is 3.94. The fourth-order valence-corrected chi connectivity index (χ4v) is 2.74. The first-order chi connectivity index (χ1) is 9.79. The molecule has 2 heterocycles. The van der Waals surface area contributed by atoms with Gasteiger partial charge in [0.15, 0.2) is 0 Å². The summed E-state index contributed by atoms with van der Waals surface area (Å²) in [5.74, 6) is 1.10. The summed E-state index contributed by atoms with van der Waals surface area (Å²) in [6.07, 6.45) is 1.88. The Morgan fingerprint density at radius 3 is 3.15 bits per heavy atom. The van der Waals surface area contributed by atoms with Crippen molar-refractivity contribution in [2.75, 3.05) is 25.1 Å². The maximum absolute atomic E-state index is 6.07. The summed E-state index contributed by atoms with van der Waals surface area (Å²) in [5.41, 5.74) is 3.42. The average Bonchev–Trinajstić information content (AvgIpc) is 3.02. The highest BCUT2D eigenvalue weighted by molar-refractivity contribution is 6.30. The van der Waals surface area contributed by atoms with Crippen molar-refractivity contribution in [1.29, 1.82) is 0 Å². The van der Waals surface area contributed by atoms with Gasteiger partial charge >= 0.3 is 0 Å². The van der Waals surface area contributed by atoms with Crippen LogP contribution in [-0.2, 0) is 17.6 Å². The number of rotatable bonds is 5. The lowest BCUT2D eigenvalue weighted by molar-refractivity contribution is 0.150. The number of fused-ring (bicyclic) bond motifs is 1. The molecule has 1 aliphatic heterocycles. The predicted octanol–water partition coefficient (Wildman–Crippen LogP) is 3.07. The Hall–Kier alpha value is -1.52. The van der Waals surface area contributed by atoms with Crippen LogP contribution in [0.15, 0.2) is 24.3 Å². The number of aromatic nitrogens is 2. The summed E-state index contributed by atoms with van der Waals surface area (Å²) in [7, 11) is 0. The number of hydrogen-bond donors (Lipinski definition) is 1. The Labute approximate surface area is 123 Å². The number of hydrogen-bond acceptors (Lipinski definition) is 3. The second-order valence-electron chi connectivity index (χ2n) is 4.79. The number of ether oxygens (including phenoxy) is 1. The minimum absolute atomic E-state index is 0.718. The molecular formula is C15H18ClN3O. The first-order valence-corrected chi connectivity index (χ1v) is 7.35. The van der Waals surface area contributed by atoms with Crippen molar-refractivity contribution >= 4 is 17.4 Å². The van der Waals surface area contributed by atoms with Gasteiger partial charge in [-0.3, -0.25) is 0 Å². The van der Waals surface area contributed by atoms with Crippen LogP contribution in [0.4, 0.5) is 5.82 Å². The van der Waals surface area contributed by atoms with E-state index >= 15 is 0 Å². The summed E-state index contributed by atoms with van der Waals surface area (Å²) in [5, 5.41) is 8.87. The molecule has 0 atom stereocenters. The van der Waals surface area contributed by atoms with Crippen LogP contribution in [0.3, 0.4) is 0 Å². The molecule has 0 aliphatic carbocycles. The summed E-state index contributed by atoms with van der Waals surface area (Å²) in [6, 6.07) is 7.77. The highest BCUT2D eigenvalue weighted by Crippen LogP contribution is 2.29. The molecule has 4 nitrogen and oxygen atoms in total. The molecule has 1 aromatic carbocycles. The molecule has 0 saturated carbocycles. The molecule has 20 heavy (non-hydrogen) atoms. The van der Waals surface area contributed by atoms with Crippen LogP contribution in [0.2, 0.25) is 5.02 Å². The van der Waals surface area contributed by atoms with Gasteiger partial charge in [0.25, 0.3) is 0 Å². The van der Waals surface area contributed by atoms with Gasteiger partial charge in [0.1, 0.15) is 5.82 Å². The van der Waals surface area contributed by atoms with Gasteiger partial charge in [0, 0.05) is 30.2 Å². The topological polar surface area (TPSA) is 39.1 Å². The van der Waals surface area contributed by atoms with Gasteiger partial charge in [-0.1, -0.05) is 17.7 Å². The van der Waals surface area contributed by atoms with Gasteiger partial charge in [0.2, 0.25) is 0 Å². The number of benzene rings is 1. The quantitative estimate of drug-likeness (QED) is 0.861. The van der Waals surface area contributed by atoms with E-state index in [2.05, 4.69) is 5.32 Å². The smallest absolute Gasteiger partial charge is 0.133 e. The van der Waals surface area contributed by atoms with Crippen molar-refractivity contribution in [3.8, 4) is 5.69 Å². The fourth-order valence-electron chi connectivity index (χ4n) is 2.55. The first-order valence-electron chi connectivity index (χ1n) is 6.98. The Bertz CT molecular complexity index is 609. The number of nitrogens with one attached hydrogen (secondary N) is 1. The molecule has 1 aromatic heterocycles. The molecule has 0 radical (unpaired) electrons. The second kappa shape index (κ2) is 5.85. The van der Waals surface area contributed by atoms with Gasteiger partial charge in [0.05, 0.1) is 18.0 Å². The minimum atomic E-state index is 0.718. The van der Waals surface area contributed by atoms with E-state index in [-0.39, 0.29) is 0 Å². The highest BCUT2D eigenvalue weighted by Gasteiger charge is 2.22. The summed E-state index contributed by atoms with van der Waals surface area (Å²) in [6.45, 7) is 4.44. The molecule has 0 spiro atoms. The number of halogens is 1. The van der Waals surface area contributed by atoms with E-state index < -0.39 is 0 Å². The van der Waals surface area contributed by atoms with Crippen molar-refractivity contribution in [3.63, 3.8) is 0 Å². The lowest BCUT2D eigenvalue weighted by atomic mass is 10.1. The van der Waals surface area contributed by atoms with Crippen LogP contribution < -0.4 is 5.32 Å². The summed E-state index contributed by atoms with van der Waals surface area (Å²) in [4.78, 5) is 0. The second-order valence-corrected chi connectivity index (χ2v) is 5.23. The van der Waals surface area contributed by atoms with Gasteiger partial charge in [-0.2, -0.15) is 5.10 Å². The van der Waals surface area contributed by atoms with E-state index in [1.807, 2.05) is 35.9 Å². The Morgan fingerprint density at radius 1 is 1.45 bits per heavy atom. The molecule has 106 valence electrons. The Morgan fingerprint density at radius 2 is 2.35 bits per heavy atom. The molecule has 1 aliphatic rings. The van der Waals surface area contributed by atoms with Crippen molar-refractivity contribution in [2.45, 2.75) is 19.8 Å². The molecule has 0 unspecified atom stereocenters. The van der Waals surface area contributed by atoms with E-state index in [0.29, 0.717) is 0 Å². The lowest BCUT2D eigenvalue weighted by Gasteiger charge is -2.06. The van der Waals surface area contributed by atoms with Gasteiger partial charge in [-0.05, 0) is 31.5 Å². The van der Waals surface area contributed by atoms with Gasteiger partial charge < -0.3 is 10.1 Å². The highest BCUT2D eigenvalue weighted by atomic mass is 35.5. The third-order valence-electron chi connectivity index (χ3n) is 3.47. The zero-order chi connectivity index (χ0) is 13.9. The number of nitrogens with zero attached hydrogens (tertiary/aromatic N) is 2. The molecule has 0 saturated heterocycles. The maximum Gasteiger partial charge on any atom is 0.133 e. The SMILES string of the molecule is CCOCCc1nn(-c2cccc(Cl)c2)c2c1CCN2. The Balaban J connectivity index is 1.94. The van der Waals surface area contributed by atoms with Crippen molar-refractivity contribution in [1.82, 2.24) is 9.78 Å². The summed E-state index contributed by atoms with van der Waals surface area (Å²) >= 11 is 6.07. The lowest BCUT2D eigenvalue weighted by Crippen LogP contribution is -2.06. The first kappa shape index (κ1) is 13.5. The van der Waals surface area contributed by atoms with Crippen LogP contribution in [0, 0.1) is 0 Å². The molecule has 5 heteroatoms. The van der Waals surface area contributed by atoms with E-state index in [4.69, 9.17) is 21.4 Å². The standard InChI is InChI=1S/C15H18ClN3O/c1-2-20-9-7-14-13-6-8-17-15(13)19(18-14)12-5-3-4-11(16)10-12/h3-5,10,17H,2,6-9H2,1H3. The van der Waals surface area contributed by atoms with Crippen molar-refractivity contribution < 1.29 is 4.74 Å². The molecular weight excluding hydrogens is 274 g/mol. The summed E-state index contributed by atoms with van der Waals surface area (Å²) < 4.78 is 7.39. The van der Waals surface area contributed by atoms with E-state index in [9.17, 15) is 0 Å². The van der Waals surface area contributed by atoms with Gasteiger partial charge in [-0.15, -0.1) is 0 Å². The van der Waals surface area contributed by atoms with Crippen LogP contribution in [-0.4, -0.2) is 29.5 Å². The normalized spacial score (nSPS) is 13.3. The molecule has 0 bridgehead atoms. The molecule has 0 fully saturated rings.